The van der Waals surface area contributed by atoms with Gasteiger partial charge >= 0.3 is 0 Å². The molecule has 2 fully saturated rings. The van der Waals surface area contributed by atoms with Crippen molar-refractivity contribution in [2.75, 3.05) is 19.8 Å². The molecular weight excluding hydrogens is 286 g/mol. The SMILES string of the molecule is CCON=C(CC)C1=C(O)CC(C23CCOCC2O3)CC1=O. The Morgan fingerprint density at radius 2 is 2.27 bits per heavy atom. The van der Waals surface area contributed by atoms with E-state index in [0.29, 0.717) is 50.4 Å². The molecule has 3 rings (SSSR count). The highest BCUT2D eigenvalue weighted by Crippen LogP contribution is 2.52. The number of nitrogens with zero attached hydrogens (tertiary/aromatic N) is 1. The molecule has 1 aliphatic carbocycles. The number of ketones is 1. The molecule has 6 heteroatoms. The molecule has 0 aromatic rings. The summed E-state index contributed by atoms with van der Waals surface area (Å²) >= 11 is 0. The van der Waals surface area contributed by atoms with Crippen molar-refractivity contribution in [3.63, 3.8) is 0 Å². The van der Waals surface area contributed by atoms with Crippen LogP contribution in [0.15, 0.2) is 16.5 Å². The van der Waals surface area contributed by atoms with Gasteiger partial charge in [-0.15, -0.1) is 0 Å². The quantitative estimate of drug-likeness (QED) is 0.478. The topological polar surface area (TPSA) is 80.7 Å². The minimum Gasteiger partial charge on any atom is -0.511 e. The third kappa shape index (κ3) is 2.54. The Morgan fingerprint density at radius 3 is 2.91 bits per heavy atom. The lowest BCUT2D eigenvalue weighted by molar-refractivity contribution is -0.117. The molecular formula is C16H23NO5. The van der Waals surface area contributed by atoms with E-state index in [4.69, 9.17) is 14.3 Å². The number of fused-ring (bicyclic) bond motifs is 1. The summed E-state index contributed by atoms with van der Waals surface area (Å²) in [5.74, 6) is 0.0867. The van der Waals surface area contributed by atoms with Crippen LogP contribution >= 0.6 is 0 Å². The Balaban J connectivity index is 1.80. The van der Waals surface area contributed by atoms with Crippen molar-refractivity contribution in [3.05, 3.63) is 11.3 Å². The molecule has 3 aliphatic rings. The Bertz CT molecular complexity index is 527. The maximum absolute atomic E-state index is 12.5. The van der Waals surface area contributed by atoms with Gasteiger partial charge in [0.05, 0.1) is 17.9 Å². The Hall–Kier alpha value is -1.40. The summed E-state index contributed by atoms with van der Waals surface area (Å²) in [6, 6.07) is 0. The largest absolute Gasteiger partial charge is 0.511 e. The number of Topliss-reactive ketones (excluding diaryl/α,β-unsaturated/α-hetero) is 1. The number of hydrogen-bond acceptors (Lipinski definition) is 6. The third-order valence-corrected chi connectivity index (χ3v) is 4.81. The van der Waals surface area contributed by atoms with Gasteiger partial charge in [0, 0.05) is 31.8 Å². The molecule has 2 aliphatic heterocycles. The minimum atomic E-state index is -0.267. The van der Waals surface area contributed by atoms with Gasteiger partial charge in [-0.1, -0.05) is 12.1 Å². The minimum absolute atomic E-state index is 0.0304. The normalized spacial score (nSPS) is 35.4. The smallest absolute Gasteiger partial charge is 0.168 e. The first-order valence-electron chi connectivity index (χ1n) is 8.02. The summed E-state index contributed by atoms with van der Waals surface area (Å²) in [7, 11) is 0. The van der Waals surface area contributed by atoms with Gasteiger partial charge in [-0.05, 0) is 13.3 Å². The van der Waals surface area contributed by atoms with Crippen LogP contribution in [-0.4, -0.2) is 48.1 Å². The lowest BCUT2D eigenvalue weighted by Crippen LogP contribution is -2.38. The van der Waals surface area contributed by atoms with Gasteiger partial charge in [0.15, 0.2) is 5.78 Å². The van der Waals surface area contributed by atoms with E-state index < -0.39 is 0 Å². The van der Waals surface area contributed by atoms with E-state index in [1.54, 1.807) is 0 Å². The number of aliphatic hydroxyl groups is 1. The number of epoxide rings is 1. The molecule has 22 heavy (non-hydrogen) atoms. The zero-order valence-corrected chi connectivity index (χ0v) is 13.1. The van der Waals surface area contributed by atoms with E-state index in [9.17, 15) is 9.90 Å². The molecule has 0 bridgehead atoms. The zero-order valence-electron chi connectivity index (χ0n) is 13.1. The van der Waals surface area contributed by atoms with E-state index in [1.165, 1.54) is 0 Å². The van der Waals surface area contributed by atoms with Crippen molar-refractivity contribution in [1.82, 2.24) is 0 Å². The predicted molar refractivity (Wildman–Crippen MR) is 79.8 cm³/mol. The molecule has 0 aromatic heterocycles. The van der Waals surface area contributed by atoms with Crippen molar-refractivity contribution < 1.29 is 24.2 Å². The van der Waals surface area contributed by atoms with Crippen molar-refractivity contribution in [1.29, 1.82) is 0 Å². The maximum Gasteiger partial charge on any atom is 0.168 e. The molecule has 122 valence electrons. The van der Waals surface area contributed by atoms with Gasteiger partial charge in [-0.25, -0.2) is 0 Å². The maximum atomic E-state index is 12.5. The molecule has 2 saturated heterocycles. The molecule has 3 atom stereocenters. The van der Waals surface area contributed by atoms with Gasteiger partial charge in [0.2, 0.25) is 0 Å². The van der Waals surface area contributed by atoms with Gasteiger partial charge in [0.1, 0.15) is 24.1 Å². The molecule has 0 radical (unpaired) electrons. The fourth-order valence-corrected chi connectivity index (χ4v) is 3.61. The van der Waals surface area contributed by atoms with Crippen molar-refractivity contribution in [3.8, 4) is 0 Å². The van der Waals surface area contributed by atoms with Crippen LogP contribution in [0.4, 0.5) is 0 Å². The monoisotopic (exact) mass is 309 g/mol. The third-order valence-electron chi connectivity index (χ3n) is 4.81. The van der Waals surface area contributed by atoms with E-state index in [0.717, 1.165) is 6.42 Å². The van der Waals surface area contributed by atoms with E-state index in [1.807, 2.05) is 13.8 Å². The molecule has 0 spiro atoms. The van der Waals surface area contributed by atoms with Crippen LogP contribution in [0, 0.1) is 5.92 Å². The van der Waals surface area contributed by atoms with Crippen LogP contribution < -0.4 is 0 Å². The Kier molecular flexibility index (Phi) is 4.23. The molecule has 2 heterocycles. The molecule has 3 unspecified atom stereocenters. The number of ether oxygens (including phenoxy) is 2. The lowest BCUT2D eigenvalue weighted by Gasteiger charge is -2.30. The first kappa shape index (κ1) is 15.5. The first-order valence-corrected chi connectivity index (χ1v) is 8.02. The second-order valence-corrected chi connectivity index (χ2v) is 6.05. The molecule has 0 aromatic carbocycles. The fraction of sp³-hybridized carbons (Fsp3) is 0.750. The lowest BCUT2D eigenvalue weighted by atomic mass is 9.74. The standard InChI is InChI=1S/C16H23NO5/c1-3-11(17-21-4-2)15-12(18)7-10(8-13(15)19)16-5-6-20-9-14(16)22-16/h10,14,18H,3-9H2,1-2H3. The first-order chi connectivity index (χ1) is 10.6. The second-order valence-electron chi connectivity index (χ2n) is 6.05. The number of aliphatic hydroxyl groups excluding tert-OH is 1. The molecule has 1 N–H and O–H groups in total. The summed E-state index contributed by atoms with van der Waals surface area (Å²) in [6.07, 6.45) is 2.28. The number of carbonyl (C=O) groups excluding carboxylic acids is 1. The predicted octanol–water partition coefficient (Wildman–Crippen LogP) is 2.14. The summed E-state index contributed by atoms with van der Waals surface area (Å²) in [4.78, 5) is 17.6. The van der Waals surface area contributed by atoms with Crippen LogP contribution in [0.25, 0.3) is 0 Å². The van der Waals surface area contributed by atoms with Gasteiger partial charge in [0.25, 0.3) is 0 Å². The van der Waals surface area contributed by atoms with Crippen LogP contribution in [0.3, 0.4) is 0 Å². The summed E-state index contributed by atoms with van der Waals surface area (Å²) in [6.45, 7) is 5.42. The Labute approximate surface area is 130 Å². The number of allylic oxidation sites excluding steroid dienone is 2. The summed E-state index contributed by atoms with van der Waals surface area (Å²) in [5, 5.41) is 14.4. The summed E-state index contributed by atoms with van der Waals surface area (Å²) in [5.41, 5.74) is 0.602. The second kappa shape index (κ2) is 6.01. The highest BCUT2D eigenvalue weighted by atomic mass is 16.6. The van der Waals surface area contributed by atoms with Gasteiger partial charge in [-0.2, -0.15) is 0 Å². The van der Waals surface area contributed by atoms with Crippen LogP contribution in [-0.2, 0) is 19.1 Å². The van der Waals surface area contributed by atoms with Crippen LogP contribution in [0.1, 0.15) is 39.5 Å². The average molecular weight is 309 g/mol. The molecule has 0 saturated carbocycles. The van der Waals surface area contributed by atoms with Crippen LogP contribution in [0.2, 0.25) is 0 Å². The van der Waals surface area contributed by atoms with Crippen molar-refractivity contribution >= 4 is 11.5 Å². The average Bonchev–Trinajstić information content (AvgIpc) is 3.25. The molecule has 0 amide bonds. The van der Waals surface area contributed by atoms with Crippen LogP contribution in [0.5, 0.6) is 0 Å². The molecule has 6 nitrogen and oxygen atoms in total. The number of rotatable bonds is 5. The number of hydrogen-bond donors (Lipinski definition) is 1. The highest BCUT2D eigenvalue weighted by molar-refractivity contribution is 6.23. The number of oxime groups is 1. The fourth-order valence-electron chi connectivity index (χ4n) is 3.61. The Morgan fingerprint density at radius 1 is 1.45 bits per heavy atom. The van der Waals surface area contributed by atoms with E-state index >= 15 is 0 Å². The zero-order chi connectivity index (χ0) is 15.7. The highest BCUT2D eigenvalue weighted by Gasteiger charge is 2.63. The van der Waals surface area contributed by atoms with Crippen molar-refractivity contribution in [2.45, 2.75) is 51.2 Å². The van der Waals surface area contributed by atoms with Crippen molar-refractivity contribution in [2.24, 2.45) is 11.1 Å². The number of carbonyl (C=O) groups is 1. The van der Waals surface area contributed by atoms with E-state index in [-0.39, 0.29) is 29.2 Å². The van der Waals surface area contributed by atoms with Gasteiger partial charge < -0.3 is 19.4 Å². The summed E-state index contributed by atoms with van der Waals surface area (Å²) < 4.78 is 11.2. The van der Waals surface area contributed by atoms with Gasteiger partial charge in [-0.3, -0.25) is 4.79 Å². The van der Waals surface area contributed by atoms with E-state index in [2.05, 4.69) is 5.16 Å².